The van der Waals surface area contributed by atoms with E-state index in [1.165, 1.54) is 12.8 Å². The molecular formula is C14H28N2O3. The summed E-state index contributed by atoms with van der Waals surface area (Å²) in [5, 5.41) is 0. The van der Waals surface area contributed by atoms with Crippen molar-refractivity contribution in [3.05, 3.63) is 0 Å². The van der Waals surface area contributed by atoms with Crippen LogP contribution >= 0.6 is 0 Å². The SMILES string of the molecule is COCCCC(N)C(=O)N(CCOC)C(C)C1CC1. The van der Waals surface area contributed by atoms with E-state index < -0.39 is 6.04 Å². The van der Waals surface area contributed by atoms with Gasteiger partial charge in [0.25, 0.3) is 0 Å². The van der Waals surface area contributed by atoms with Crippen molar-refractivity contribution in [2.24, 2.45) is 11.7 Å². The van der Waals surface area contributed by atoms with Crippen molar-refractivity contribution in [3.8, 4) is 0 Å². The minimum atomic E-state index is -0.423. The summed E-state index contributed by atoms with van der Waals surface area (Å²) in [6.45, 7) is 3.96. The molecule has 0 aromatic heterocycles. The van der Waals surface area contributed by atoms with Gasteiger partial charge in [-0.15, -0.1) is 0 Å². The van der Waals surface area contributed by atoms with Crippen LogP contribution in [0.4, 0.5) is 0 Å². The van der Waals surface area contributed by atoms with Crippen LogP contribution in [0.1, 0.15) is 32.6 Å². The Morgan fingerprint density at radius 3 is 2.47 bits per heavy atom. The predicted octanol–water partition coefficient (Wildman–Crippen LogP) is 1.01. The molecule has 1 aliphatic carbocycles. The summed E-state index contributed by atoms with van der Waals surface area (Å²) >= 11 is 0. The van der Waals surface area contributed by atoms with E-state index in [1.807, 2.05) is 4.90 Å². The van der Waals surface area contributed by atoms with E-state index in [1.54, 1.807) is 14.2 Å². The zero-order valence-corrected chi connectivity index (χ0v) is 12.4. The standard InChI is InChI=1S/C14H28N2O3/c1-11(12-6-7-12)16(8-10-19-3)14(17)13(15)5-4-9-18-2/h11-13H,4-10,15H2,1-3H3. The molecule has 0 heterocycles. The fourth-order valence-electron chi connectivity index (χ4n) is 2.32. The number of carbonyl (C=O) groups is 1. The van der Waals surface area contributed by atoms with Crippen LogP contribution in [-0.4, -0.2) is 56.9 Å². The van der Waals surface area contributed by atoms with Gasteiger partial charge in [-0.05, 0) is 38.5 Å². The van der Waals surface area contributed by atoms with Crippen LogP contribution in [0.3, 0.4) is 0 Å². The van der Waals surface area contributed by atoms with Crippen molar-refractivity contribution in [1.29, 1.82) is 0 Å². The second-order valence-electron chi connectivity index (χ2n) is 5.34. The first-order valence-electron chi connectivity index (χ1n) is 7.15. The van der Waals surface area contributed by atoms with Crippen molar-refractivity contribution in [3.63, 3.8) is 0 Å². The monoisotopic (exact) mass is 272 g/mol. The van der Waals surface area contributed by atoms with Gasteiger partial charge in [0.05, 0.1) is 12.6 Å². The summed E-state index contributed by atoms with van der Waals surface area (Å²) in [6, 6.07) is -0.149. The third kappa shape index (κ3) is 5.47. The number of carbonyl (C=O) groups excluding carboxylic acids is 1. The van der Waals surface area contributed by atoms with E-state index in [9.17, 15) is 4.79 Å². The molecule has 0 aliphatic heterocycles. The van der Waals surface area contributed by atoms with E-state index in [4.69, 9.17) is 15.2 Å². The summed E-state index contributed by atoms with van der Waals surface area (Å²) in [6.07, 6.45) is 3.93. The molecule has 0 saturated heterocycles. The number of amides is 1. The van der Waals surface area contributed by atoms with Crippen LogP contribution in [0, 0.1) is 5.92 Å². The molecule has 0 bridgehead atoms. The smallest absolute Gasteiger partial charge is 0.239 e. The molecule has 2 unspecified atom stereocenters. The topological polar surface area (TPSA) is 64.8 Å². The van der Waals surface area contributed by atoms with Crippen LogP contribution in [0.15, 0.2) is 0 Å². The summed E-state index contributed by atoms with van der Waals surface area (Å²) in [5.74, 6) is 0.694. The second kappa shape index (κ2) is 8.51. The first kappa shape index (κ1) is 16.4. The number of ether oxygens (including phenoxy) is 2. The molecule has 0 radical (unpaired) electrons. The Labute approximate surface area is 116 Å². The van der Waals surface area contributed by atoms with Crippen LogP contribution in [0.5, 0.6) is 0 Å². The van der Waals surface area contributed by atoms with Gasteiger partial charge in [0.1, 0.15) is 0 Å². The molecule has 0 aromatic carbocycles. The minimum absolute atomic E-state index is 0.0487. The molecule has 5 nitrogen and oxygen atoms in total. The van der Waals surface area contributed by atoms with Crippen molar-refractivity contribution in [1.82, 2.24) is 4.90 Å². The molecule has 1 aliphatic rings. The maximum Gasteiger partial charge on any atom is 0.239 e. The van der Waals surface area contributed by atoms with Crippen LogP contribution < -0.4 is 5.73 Å². The molecule has 112 valence electrons. The molecule has 2 N–H and O–H groups in total. The van der Waals surface area contributed by atoms with Gasteiger partial charge < -0.3 is 20.1 Å². The van der Waals surface area contributed by atoms with E-state index in [2.05, 4.69) is 6.92 Å². The van der Waals surface area contributed by atoms with E-state index in [0.29, 0.717) is 32.1 Å². The quantitative estimate of drug-likeness (QED) is 0.603. The molecule has 1 saturated carbocycles. The molecule has 0 aromatic rings. The van der Waals surface area contributed by atoms with Crippen molar-refractivity contribution < 1.29 is 14.3 Å². The number of methoxy groups -OCH3 is 2. The number of nitrogens with two attached hydrogens (primary N) is 1. The Bertz CT molecular complexity index is 269. The Kier molecular flexibility index (Phi) is 7.34. The number of rotatable bonds is 10. The lowest BCUT2D eigenvalue weighted by molar-refractivity contribution is -0.136. The van der Waals surface area contributed by atoms with Gasteiger partial charge in [0, 0.05) is 33.4 Å². The third-order valence-corrected chi connectivity index (χ3v) is 3.80. The Hall–Kier alpha value is -0.650. The zero-order chi connectivity index (χ0) is 14.3. The van der Waals surface area contributed by atoms with Crippen LogP contribution in [0.2, 0.25) is 0 Å². The maximum absolute atomic E-state index is 12.4. The number of hydrogen-bond donors (Lipinski definition) is 1. The fraction of sp³-hybridized carbons (Fsp3) is 0.929. The van der Waals surface area contributed by atoms with Gasteiger partial charge >= 0.3 is 0 Å². The minimum Gasteiger partial charge on any atom is -0.385 e. The highest BCUT2D eigenvalue weighted by Crippen LogP contribution is 2.35. The first-order chi connectivity index (χ1) is 9.11. The Morgan fingerprint density at radius 1 is 1.32 bits per heavy atom. The third-order valence-electron chi connectivity index (χ3n) is 3.80. The lowest BCUT2D eigenvalue weighted by Gasteiger charge is -2.31. The predicted molar refractivity (Wildman–Crippen MR) is 74.9 cm³/mol. The summed E-state index contributed by atoms with van der Waals surface area (Å²) in [7, 11) is 3.32. The average Bonchev–Trinajstić information content (AvgIpc) is 3.23. The fourth-order valence-corrected chi connectivity index (χ4v) is 2.32. The van der Waals surface area contributed by atoms with Gasteiger partial charge in [0.15, 0.2) is 0 Å². The van der Waals surface area contributed by atoms with Gasteiger partial charge in [-0.1, -0.05) is 0 Å². The Balaban J connectivity index is 2.48. The molecule has 1 amide bonds. The summed E-state index contributed by atoms with van der Waals surface area (Å²) < 4.78 is 10.1. The molecule has 1 fully saturated rings. The van der Waals surface area contributed by atoms with E-state index in [-0.39, 0.29) is 11.9 Å². The van der Waals surface area contributed by atoms with Gasteiger partial charge in [0.2, 0.25) is 5.91 Å². The first-order valence-corrected chi connectivity index (χ1v) is 7.15. The van der Waals surface area contributed by atoms with Crippen LogP contribution in [0.25, 0.3) is 0 Å². The van der Waals surface area contributed by atoms with Crippen molar-refractivity contribution >= 4 is 5.91 Å². The highest BCUT2D eigenvalue weighted by atomic mass is 16.5. The molecular weight excluding hydrogens is 244 g/mol. The number of hydrogen-bond acceptors (Lipinski definition) is 4. The molecule has 2 atom stereocenters. The average molecular weight is 272 g/mol. The lowest BCUT2D eigenvalue weighted by Crippen LogP contribution is -2.49. The van der Waals surface area contributed by atoms with E-state index in [0.717, 1.165) is 6.42 Å². The van der Waals surface area contributed by atoms with Crippen LogP contribution in [-0.2, 0) is 14.3 Å². The van der Waals surface area contributed by atoms with E-state index >= 15 is 0 Å². The zero-order valence-electron chi connectivity index (χ0n) is 12.4. The molecule has 0 spiro atoms. The summed E-state index contributed by atoms with van der Waals surface area (Å²) in [4.78, 5) is 14.3. The Morgan fingerprint density at radius 2 is 1.95 bits per heavy atom. The summed E-state index contributed by atoms with van der Waals surface area (Å²) in [5.41, 5.74) is 6.00. The number of nitrogens with zero attached hydrogens (tertiary/aromatic N) is 1. The molecule has 19 heavy (non-hydrogen) atoms. The lowest BCUT2D eigenvalue weighted by atomic mass is 10.1. The van der Waals surface area contributed by atoms with Crippen molar-refractivity contribution in [2.45, 2.75) is 44.7 Å². The van der Waals surface area contributed by atoms with Gasteiger partial charge in [-0.25, -0.2) is 0 Å². The maximum atomic E-state index is 12.4. The highest BCUT2D eigenvalue weighted by molar-refractivity contribution is 5.82. The van der Waals surface area contributed by atoms with Crippen molar-refractivity contribution in [2.75, 3.05) is 34.0 Å². The largest absolute Gasteiger partial charge is 0.385 e. The molecule has 5 heteroatoms. The molecule has 1 rings (SSSR count). The normalized spacial score (nSPS) is 18.1. The second-order valence-corrected chi connectivity index (χ2v) is 5.34. The highest BCUT2D eigenvalue weighted by Gasteiger charge is 2.35. The van der Waals surface area contributed by atoms with Gasteiger partial charge in [-0.2, -0.15) is 0 Å². The van der Waals surface area contributed by atoms with Gasteiger partial charge in [-0.3, -0.25) is 4.79 Å².